The van der Waals surface area contributed by atoms with E-state index in [1.165, 1.54) is 26.9 Å². The molecule has 0 fully saturated rings. The second kappa shape index (κ2) is 8.40. The second-order valence-corrected chi connectivity index (χ2v) is 8.72. The maximum Gasteiger partial charge on any atom is 0.127 e. The number of aliphatic hydroxyl groups is 2. The molecule has 0 radical (unpaired) electrons. The summed E-state index contributed by atoms with van der Waals surface area (Å²) in [6, 6.07) is 27.3. The van der Waals surface area contributed by atoms with E-state index in [1.54, 1.807) is 0 Å². The molecule has 162 valence electrons. The molecule has 0 heterocycles. The number of ether oxygens (including phenoxy) is 1. The van der Waals surface area contributed by atoms with Crippen LogP contribution in [-0.4, -0.2) is 29.0 Å². The van der Waals surface area contributed by atoms with E-state index >= 15 is 0 Å². The van der Waals surface area contributed by atoms with Gasteiger partial charge < -0.3 is 20.3 Å². The third-order valence-corrected chi connectivity index (χ3v) is 6.36. The van der Waals surface area contributed by atoms with Gasteiger partial charge in [-0.2, -0.15) is 0 Å². The highest BCUT2D eigenvalue weighted by Crippen LogP contribution is 2.40. The number of benzene rings is 5. The summed E-state index contributed by atoms with van der Waals surface area (Å²) in [6.07, 6.45) is 0. The van der Waals surface area contributed by atoms with Gasteiger partial charge >= 0.3 is 0 Å². The number of aliphatic hydroxyl groups excluding tert-OH is 2. The maximum atomic E-state index is 9.63. The Balaban J connectivity index is 1.58. The van der Waals surface area contributed by atoms with Crippen LogP contribution in [0.5, 0.6) is 5.75 Å². The summed E-state index contributed by atoms with van der Waals surface area (Å²) >= 11 is 0. The van der Waals surface area contributed by atoms with Gasteiger partial charge in [0.2, 0.25) is 0 Å². The van der Waals surface area contributed by atoms with Gasteiger partial charge in [-0.05, 0) is 51.7 Å². The molecule has 32 heavy (non-hydrogen) atoms. The minimum absolute atomic E-state index is 0.128. The molecule has 0 saturated heterocycles. The molecule has 5 aromatic rings. The van der Waals surface area contributed by atoms with Crippen molar-refractivity contribution in [1.82, 2.24) is 5.32 Å². The maximum absolute atomic E-state index is 9.63. The van der Waals surface area contributed by atoms with Crippen molar-refractivity contribution in [2.45, 2.75) is 25.6 Å². The van der Waals surface area contributed by atoms with Crippen LogP contribution in [0.25, 0.3) is 32.3 Å². The molecular weight excluding hydrogens is 398 g/mol. The first-order valence-corrected chi connectivity index (χ1v) is 10.9. The fourth-order valence-corrected chi connectivity index (χ4v) is 4.32. The Morgan fingerprint density at radius 3 is 2.09 bits per heavy atom. The van der Waals surface area contributed by atoms with E-state index in [1.807, 2.05) is 25.1 Å². The van der Waals surface area contributed by atoms with E-state index in [2.05, 4.69) is 66.0 Å². The van der Waals surface area contributed by atoms with Gasteiger partial charge in [0.25, 0.3) is 0 Å². The fourth-order valence-electron chi connectivity index (χ4n) is 4.32. The van der Waals surface area contributed by atoms with Gasteiger partial charge in [0.15, 0.2) is 0 Å². The lowest BCUT2D eigenvalue weighted by atomic mass is 9.91. The van der Waals surface area contributed by atoms with Crippen LogP contribution in [0, 0.1) is 0 Å². The lowest BCUT2D eigenvalue weighted by molar-refractivity contribution is 0.103. The fraction of sp³-hybridized carbons (Fsp3) is 0.214. The van der Waals surface area contributed by atoms with Crippen molar-refractivity contribution in [1.29, 1.82) is 0 Å². The summed E-state index contributed by atoms with van der Waals surface area (Å²) in [6.45, 7) is 2.65. The Labute approximate surface area is 187 Å². The Morgan fingerprint density at radius 2 is 1.38 bits per heavy atom. The summed E-state index contributed by atoms with van der Waals surface area (Å²) < 4.78 is 6.23. The number of hydrogen-bond donors (Lipinski definition) is 3. The van der Waals surface area contributed by atoms with E-state index in [0.29, 0.717) is 13.2 Å². The van der Waals surface area contributed by atoms with E-state index in [9.17, 15) is 10.2 Å². The average Bonchev–Trinajstić information content (AvgIpc) is 2.85. The minimum Gasteiger partial charge on any atom is -0.488 e. The highest BCUT2D eigenvalue weighted by atomic mass is 16.5. The molecular formula is C28H27NO3. The van der Waals surface area contributed by atoms with Gasteiger partial charge in [-0.3, -0.25) is 0 Å². The smallest absolute Gasteiger partial charge is 0.127 e. The number of hydrogen-bond acceptors (Lipinski definition) is 4. The van der Waals surface area contributed by atoms with Crippen LogP contribution in [0.3, 0.4) is 0 Å². The van der Waals surface area contributed by atoms with E-state index in [0.717, 1.165) is 22.3 Å². The van der Waals surface area contributed by atoms with Crippen molar-refractivity contribution >= 4 is 32.3 Å². The SMILES string of the molecule is CC(CO)(CO)NCc1ccc2ccc3ccc(OCc4ccccc4)c4ccc1c2c34. The third-order valence-electron chi connectivity index (χ3n) is 6.36. The summed E-state index contributed by atoms with van der Waals surface area (Å²) in [5, 5.41) is 29.6. The predicted octanol–water partition coefficient (Wildman–Crippen LogP) is 5.00. The van der Waals surface area contributed by atoms with Crippen molar-refractivity contribution in [3.63, 3.8) is 0 Å². The highest BCUT2D eigenvalue weighted by molar-refractivity contribution is 6.24. The first-order chi connectivity index (χ1) is 15.6. The summed E-state index contributed by atoms with van der Waals surface area (Å²) in [5.74, 6) is 0.882. The molecule has 5 aromatic carbocycles. The van der Waals surface area contributed by atoms with E-state index in [4.69, 9.17) is 4.74 Å². The zero-order valence-corrected chi connectivity index (χ0v) is 18.1. The quantitative estimate of drug-likeness (QED) is 0.306. The lowest BCUT2D eigenvalue weighted by Crippen LogP contribution is -2.48. The molecule has 0 aliphatic rings. The molecule has 4 heteroatoms. The van der Waals surface area contributed by atoms with Crippen molar-refractivity contribution in [3.05, 3.63) is 90.0 Å². The van der Waals surface area contributed by atoms with Crippen LogP contribution in [0.15, 0.2) is 78.9 Å². The third kappa shape index (κ3) is 3.67. The van der Waals surface area contributed by atoms with Gasteiger partial charge in [-0.15, -0.1) is 0 Å². The van der Waals surface area contributed by atoms with Gasteiger partial charge in [0.1, 0.15) is 12.4 Å². The van der Waals surface area contributed by atoms with E-state index < -0.39 is 5.54 Å². The molecule has 3 N–H and O–H groups in total. The van der Waals surface area contributed by atoms with Gasteiger partial charge in [-0.1, -0.05) is 66.7 Å². The van der Waals surface area contributed by atoms with Gasteiger partial charge in [0.05, 0.1) is 18.8 Å². The van der Waals surface area contributed by atoms with Crippen molar-refractivity contribution in [3.8, 4) is 5.75 Å². The van der Waals surface area contributed by atoms with Crippen LogP contribution in [0.2, 0.25) is 0 Å². The average molecular weight is 426 g/mol. The van der Waals surface area contributed by atoms with E-state index in [-0.39, 0.29) is 13.2 Å². The predicted molar refractivity (Wildman–Crippen MR) is 130 cm³/mol. The molecule has 0 aromatic heterocycles. The minimum atomic E-state index is -0.720. The van der Waals surface area contributed by atoms with Crippen molar-refractivity contribution in [2.24, 2.45) is 0 Å². The molecule has 0 spiro atoms. The summed E-state index contributed by atoms with van der Waals surface area (Å²) in [7, 11) is 0. The normalized spacial score (nSPS) is 12.2. The number of rotatable bonds is 8. The summed E-state index contributed by atoms with van der Waals surface area (Å²) in [4.78, 5) is 0. The Kier molecular flexibility index (Phi) is 5.43. The highest BCUT2D eigenvalue weighted by Gasteiger charge is 2.22. The Morgan fingerprint density at radius 1 is 0.750 bits per heavy atom. The summed E-state index contributed by atoms with van der Waals surface area (Å²) in [5.41, 5.74) is 1.56. The standard InChI is InChI=1S/C28H27NO3/c1-28(17-30,18-31)29-15-22-10-9-20-7-8-21-11-14-25(32-16-19-5-3-2-4-6-19)24-13-12-23(22)26(20)27(21)24/h2-14,29-31H,15-18H2,1H3. The zero-order chi connectivity index (χ0) is 22.1. The lowest BCUT2D eigenvalue weighted by Gasteiger charge is -2.27. The largest absolute Gasteiger partial charge is 0.488 e. The zero-order valence-electron chi connectivity index (χ0n) is 18.1. The second-order valence-electron chi connectivity index (χ2n) is 8.72. The molecule has 0 atom stereocenters. The van der Waals surface area contributed by atoms with Crippen LogP contribution in [0.1, 0.15) is 18.1 Å². The van der Waals surface area contributed by atoms with Crippen LogP contribution in [0.4, 0.5) is 0 Å². The molecule has 0 unspecified atom stereocenters. The Hall–Kier alpha value is -3.18. The topological polar surface area (TPSA) is 61.7 Å². The Bertz CT molecular complexity index is 1360. The van der Waals surface area contributed by atoms with Gasteiger partial charge in [0, 0.05) is 17.3 Å². The monoisotopic (exact) mass is 425 g/mol. The molecule has 4 nitrogen and oxygen atoms in total. The van der Waals surface area contributed by atoms with Crippen LogP contribution < -0.4 is 10.1 Å². The first-order valence-electron chi connectivity index (χ1n) is 10.9. The molecule has 5 rings (SSSR count). The van der Waals surface area contributed by atoms with Gasteiger partial charge in [-0.25, -0.2) is 0 Å². The molecule has 0 bridgehead atoms. The molecule has 0 amide bonds. The molecule has 0 aliphatic carbocycles. The van der Waals surface area contributed by atoms with Crippen LogP contribution >= 0.6 is 0 Å². The molecule has 0 aliphatic heterocycles. The van der Waals surface area contributed by atoms with Crippen molar-refractivity contribution < 1.29 is 14.9 Å². The molecule has 0 saturated carbocycles. The van der Waals surface area contributed by atoms with Crippen LogP contribution in [-0.2, 0) is 13.2 Å². The number of nitrogens with one attached hydrogen (secondary N) is 1. The van der Waals surface area contributed by atoms with Crippen molar-refractivity contribution in [2.75, 3.05) is 13.2 Å². The first kappa shape index (κ1) is 20.7.